The van der Waals surface area contributed by atoms with E-state index < -0.39 is 11.7 Å². The van der Waals surface area contributed by atoms with Crippen LogP contribution in [0.5, 0.6) is 5.75 Å². The quantitative estimate of drug-likeness (QED) is 0.706. The number of rotatable bonds is 5. The maximum atomic E-state index is 14.2. The van der Waals surface area contributed by atoms with Crippen LogP contribution in [0.4, 0.5) is 4.39 Å². The minimum atomic E-state index is -0.733. The van der Waals surface area contributed by atoms with E-state index in [1.807, 2.05) is 6.92 Å². The lowest BCUT2D eigenvalue weighted by Gasteiger charge is -2.24. The van der Waals surface area contributed by atoms with Gasteiger partial charge in [-0.1, -0.05) is 6.92 Å². The van der Waals surface area contributed by atoms with E-state index in [1.165, 1.54) is 17.4 Å². The van der Waals surface area contributed by atoms with Crippen LogP contribution in [0.2, 0.25) is 0 Å². The average molecular weight is 387 g/mol. The molecule has 0 aliphatic heterocycles. The fraction of sp³-hybridized carbons (Fsp3) is 0.476. The van der Waals surface area contributed by atoms with Gasteiger partial charge in [-0.15, -0.1) is 11.3 Å². The van der Waals surface area contributed by atoms with Gasteiger partial charge in [0.25, 0.3) is 0 Å². The molecule has 2 bridgehead atoms. The number of thiazole rings is 1. The summed E-state index contributed by atoms with van der Waals surface area (Å²) < 4.78 is 19.5. The molecule has 3 atom stereocenters. The van der Waals surface area contributed by atoms with Gasteiger partial charge in [-0.3, -0.25) is 9.59 Å². The van der Waals surface area contributed by atoms with Crippen molar-refractivity contribution in [3.05, 3.63) is 34.6 Å². The van der Waals surface area contributed by atoms with Crippen LogP contribution in [-0.4, -0.2) is 23.2 Å². The minimum absolute atomic E-state index is 0.00419. The van der Waals surface area contributed by atoms with E-state index in [0.29, 0.717) is 35.7 Å². The molecule has 0 amide bonds. The lowest BCUT2D eigenvalue weighted by Crippen LogP contribution is -2.35. The third-order valence-corrected chi connectivity index (χ3v) is 6.87. The van der Waals surface area contributed by atoms with Gasteiger partial charge in [0.15, 0.2) is 23.1 Å². The first-order valence-electron chi connectivity index (χ1n) is 9.53. The predicted octanol–water partition coefficient (Wildman–Crippen LogP) is 4.56. The van der Waals surface area contributed by atoms with E-state index in [4.69, 9.17) is 4.74 Å². The fourth-order valence-corrected chi connectivity index (χ4v) is 5.29. The zero-order chi connectivity index (χ0) is 19.1. The number of benzene rings is 1. The molecule has 1 unspecified atom stereocenters. The second-order valence-corrected chi connectivity index (χ2v) is 8.29. The summed E-state index contributed by atoms with van der Waals surface area (Å²) >= 11 is 1.44. The average Bonchev–Trinajstić information content (AvgIpc) is 3.28. The molecule has 2 saturated carbocycles. The molecule has 2 fully saturated rings. The number of carbonyl (C=O) groups excluding carboxylic acids is 2. The maximum absolute atomic E-state index is 14.2. The number of Topliss-reactive ketones (excluding diaryl/α,β-unsaturated/α-hetero) is 2. The minimum Gasteiger partial charge on any atom is -0.491 e. The normalized spacial score (nSPS) is 24.5. The van der Waals surface area contributed by atoms with Crippen molar-refractivity contribution in [2.45, 2.75) is 45.4 Å². The molecular weight excluding hydrogens is 365 g/mol. The number of hydrogen-bond donors (Lipinski definition) is 0. The van der Waals surface area contributed by atoms with Gasteiger partial charge in [0.1, 0.15) is 10.9 Å². The van der Waals surface area contributed by atoms with Crippen LogP contribution in [0.25, 0.3) is 10.6 Å². The first kappa shape index (κ1) is 18.3. The van der Waals surface area contributed by atoms with Crippen molar-refractivity contribution in [2.24, 2.45) is 11.8 Å². The number of ether oxygens (including phenoxy) is 1. The third-order valence-electron chi connectivity index (χ3n) is 5.61. The summed E-state index contributed by atoms with van der Waals surface area (Å²) in [6, 6.07) is 4.77. The SMILES string of the molecule is CCOc1ccc(-c2nc(C3C(=O)[C@@H]4CC[C@@H](C4)C3=O)c(CC)s2)cc1F. The number of aromatic nitrogens is 1. The van der Waals surface area contributed by atoms with E-state index in [0.717, 1.165) is 17.7 Å². The second-order valence-electron chi connectivity index (χ2n) is 7.20. The summed E-state index contributed by atoms with van der Waals surface area (Å²) in [5, 5.41) is 0.641. The Morgan fingerprint density at radius 1 is 1.19 bits per heavy atom. The molecule has 27 heavy (non-hydrogen) atoms. The van der Waals surface area contributed by atoms with E-state index in [-0.39, 0.29) is 29.2 Å². The van der Waals surface area contributed by atoms with Gasteiger partial charge in [-0.05, 0) is 50.8 Å². The monoisotopic (exact) mass is 387 g/mol. The highest BCUT2D eigenvalue weighted by Gasteiger charge is 2.48. The molecule has 2 aliphatic rings. The number of aryl methyl sites for hydroxylation is 1. The number of fused-ring (bicyclic) bond motifs is 2. The Hall–Kier alpha value is -2.08. The van der Waals surface area contributed by atoms with Crippen molar-refractivity contribution >= 4 is 22.9 Å². The Kier molecular flexibility index (Phi) is 4.84. The number of nitrogens with zero attached hydrogens (tertiary/aromatic N) is 1. The van der Waals surface area contributed by atoms with Crippen LogP contribution in [0.3, 0.4) is 0 Å². The van der Waals surface area contributed by atoms with Crippen molar-refractivity contribution < 1.29 is 18.7 Å². The van der Waals surface area contributed by atoms with Gasteiger partial charge in [-0.25, -0.2) is 9.37 Å². The molecule has 1 heterocycles. The summed E-state index contributed by atoms with van der Waals surface area (Å²) in [6.45, 7) is 4.19. The van der Waals surface area contributed by atoms with E-state index in [1.54, 1.807) is 19.1 Å². The van der Waals surface area contributed by atoms with Crippen molar-refractivity contribution in [3.8, 4) is 16.3 Å². The van der Waals surface area contributed by atoms with Crippen molar-refractivity contribution in [1.29, 1.82) is 0 Å². The maximum Gasteiger partial charge on any atom is 0.165 e. The zero-order valence-corrected chi connectivity index (χ0v) is 16.3. The van der Waals surface area contributed by atoms with Gasteiger partial charge >= 0.3 is 0 Å². The fourth-order valence-electron chi connectivity index (χ4n) is 4.25. The van der Waals surface area contributed by atoms with Crippen molar-refractivity contribution in [2.75, 3.05) is 6.61 Å². The molecule has 4 rings (SSSR count). The Bertz CT molecular complexity index is 885. The molecule has 0 N–H and O–H groups in total. The molecule has 2 aromatic rings. The van der Waals surface area contributed by atoms with E-state index in [2.05, 4.69) is 4.98 Å². The molecule has 1 aromatic carbocycles. The van der Waals surface area contributed by atoms with Gasteiger partial charge < -0.3 is 4.74 Å². The molecule has 6 heteroatoms. The molecule has 0 radical (unpaired) electrons. The molecule has 0 spiro atoms. The molecule has 1 aromatic heterocycles. The first-order chi connectivity index (χ1) is 13.0. The van der Waals surface area contributed by atoms with Crippen LogP contribution in [0, 0.1) is 17.7 Å². The lowest BCUT2D eigenvalue weighted by atomic mass is 9.77. The summed E-state index contributed by atoms with van der Waals surface area (Å²) in [5.41, 5.74) is 1.24. The molecule has 4 nitrogen and oxygen atoms in total. The Balaban J connectivity index is 1.72. The molecular formula is C21H22FNO3S. The van der Waals surface area contributed by atoms with Gasteiger partial charge in [0.2, 0.25) is 0 Å². The Labute approximate surface area is 161 Å². The van der Waals surface area contributed by atoms with Crippen molar-refractivity contribution in [3.63, 3.8) is 0 Å². The summed E-state index contributed by atoms with van der Waals surface area (Å²) in [4.78, 5) is 31.3. The molecule has 142 valence electrons. The number of carbonyl (C=O) groups is 2. The lowest BCUT2D eigenvalue weighted by molar-refractivity contribution is -0.136. The largest absolute Gasteiger partial charge is 0.491 e. The molecule has 0 saturated heterocycles. The zero-order valence-electron chi connectivity index (χ0n) is 15.5. The van der Waals surface area contributed by atoms with Gasteiger partial charge in [0, 0.05) is 22.3 Å². The number of halogens is 1. The topological polar surface area (TPSA) is 56.3 Å². The summed E-state index contributed by atoms with van der Waals surface area (Å²) in [7, 11) is 0. The van der Waals surface area contributed by atoms with Crippen LogP contribution < -0.4 is 4.74 Å². The van der Waals surface area contributed by atoms with Crippen LogP contribution in [0.15, 0.2) is 18.2 Å². The smallest absolute Gasteiger partial charge is 0.165 e. The highest BCUT2D eigenvalue weighted by atomic mass is 32.1. The second kappa shape index (κ2) is 7.15. The summed E-state index contributed by atoms with van der Waals surface area (Å²) in [6.07, 6.45) is 3.03. The van der Waals surface area contributed by atoms with E-state index >= 15 is 0 Å². The van der Waals surface area contributed by atoms with Gasteiger partial charge in [-0.2, -0.15) is 0 Å². The predicted molar refractivity (Wildman–Crippen MR) is 102 cm³/mol. The highest BCUT2D eigenvalue weighted by molar-refractivity contribution is 7.15. The number of ketones is 2. The van der Waals surface area contributed by atoms with Crippen LogP contribution in [0.1, 0.15) is 49.6 Å². The van der Waals surface area contributed by atoms with Crippen molar-refractivity contribution in [1.82, 2.24) is 4.98 Å². The Morgan fingerprint density at radius 2 is 1.89 bits per heavy atom. The highest BCUT2D eigenvalue weighted by Crippen LogP contribution is 2.45. The van der Waals surface area contributed by atoms with Crippen LogP contribution >= 0.6 is 11.3 Å². The molecule has 2 aliphatic carbocycles. The van der Waals surface area contributed by atoms with Crippen LogP contribution in [-0.2, 0) is 16.0 Å². The van der Waals surface area contributed by atoms with E-state index in [9.17, 15) is 14.0 Å². The Morgan fingerprint density at radius 3 is 2.48 bits per heavy atom. The first-order valence-corrected chi connectivity index (χ1v) is 10.3. The number of hydrogen-bond acceptors (Lipinski definition) is 5. The van der Waals surface area contributed by atoms with Gasteiger partial charge in [0.05, 0.1) is 12.3 Å². The summed E-state index contributed by atoms with van der Waals surface area (Å²) in [5.74, 6) is -0.916. The standard InChI is InChI=1S/C21H22FNO3S/c1-3-16-18(17-19(24)11-5-6-12(9-11)20(17)25)23-21(27-16)13-7-8-15(26-4-2)14(22)10-13/h7-8,10-12,17H,3-6,9H2,1-2H3/t11-,12+,17?. The third kappa shape index (κ3) is 3.10.